The zero-order valence-corrected chi connectivity index (χ0v) is 11.3. The van der Waals surface area contributed by atoms with E-state index in [-0.39, 0.29) is 0 Å². The van der Waals surface area contributed by atoms with Crippen molar-refractivity contribution in [1.82, 2.24) is 24.7 Å². The molecule has 3 aromatic heterocycles. The fourth-order valence-electron chi connectivity index (χ4n) is 2.11. The Bertz CT molecular complexity index is 773. The summed E-state index contributed by atoms with van der Waals surface area (Å²) in [6.07, 6.45) is 3.53. The third kappa shape index (κ3) is 1.83. The second-order valence-electron chi connectivity index (χ2n) is 4.32. The van der Waals surface area contributed by atoms with Crippen molar-refractivity contribution in [2.24, 2.45) is 4.99 Å². The molecule has 0 saturated carbocycles. The molecule has 1 aliphatic heterocycles. The first kappa shape index (κ1) is 11.4. The predicted molar refractivity (Wildman–Crippen MR) is 76.8 cm³/mol. The number of pyridine rings is 1. The summed E-state index contributed by atoms with van der Waals surface area (Å²) in [6, 6.07) is 5.81. The van der Waals surface area contributed by atoms with Crippen LogP contribution in [0.5, 0.6) is 0 Å². The fraction of sp³-hybridized carbons (Fsp3) is 0.154. The van der Waals surface area contributed by atoms with Crippen LogP contribution in [0.2, 0.25) is 0 Å². The Morgan fingerprint density at radius 2 is 2.15 bits per heavy atom. The Morgan fingerprint density at radius 1 is 1.15 bits per heavy atom. The summed E-state index contributed by atoms with van der Waals surface area (Å²) in [6.45, 7) is 1.56. The quantitative estimate of drug-likeness (QED) is 0.720. The van der Waals surface area contributed by atoms with Gasteiger partial charge in [-0.3, -0.25) is 9.98 Å². The Balaban J connectivity index is 1.76. The third-order valence-corrected chi connectivity index (χ3v) is 3.92. The number of nitrogens with zero attached hydrogens (tertiary/aromatic N) is 6. The van der Waals surface area contributed by atoms with Crippen LogP contribution in [0.3, 0.4) is 0 Å². The van der Waals surface area contributed by atoms with Gasteiger partial charge in [0.1, 0.15) is 10.7 Å². The molecule has 0 saturated heterocycles. The smallest absolute Gasteiger partial charge is 0.183 e. The van der Waals surface area contributed by atoms with Gasteiger partial charge in [0.25, 0.3) is 0 Å². The first-order valence-electron chi connectivity index (χ1n) is 6.22. The van der Waals surface area contributed by atoms with Crippen molar-refractivity contribution >= 4 is 17.6 Å². The number of aliphatic imine (C=N–C) groups is 1. The van der Waals surface area contributed by atoms with Crippen molar-refractivity contribution in [3.63, 3.8) is 0 Å². The molecule has 0 spiro atoms. The molecule has 0 bridgehead atoms. The van der Waals surface area contributed by atoms with Gasteiger partial charge in [-0.1, -0.05) is 6.07 Å². The van der Waals surface area contributed by atoms with Crippen LogP contribution in [0.25, 0.3) is 22.2 Å². The summed E-state index contributed by atoms with van der Waals surface area (Å²) in [5, 5.41) is 11.2. The number of fused-ring (bicyclic) bond motifs is 1. The molecule has 3 aromatic rings. The molecule has 4 heterocycles. The molecule has 0 aliphatic carbocycles. The third-order valence-electron chi connectivity index (χ3n) is 3.06. The molecule has 0 aromatic carbocycles. The molecule has 0 atom stereocenters. The topological polar surface area (TPSA) is 68.8 Å². The van der Waals surface area contributed by atoms with Gasteiger partial charge in [-0.05, 0) is 12.1 Å². The van der Waals surface area contributed by atoms with Crippen LogP contribution in [-0.2, 0) is 6.54 Å². The Morgan fingerprint density at radius 3 is 3.05 bits per heavy atom. The van der Waals surface area contributed by atoms with Gasteiger partial charge in [0, 0.05) is 18.1 Å². The summed E-state index contributed by atoms with van der Waals surface area (Å²) >= 11 is 1.56. The summed E-state index contributed by atoms with van der Waals surface area (Å²) in [5.41, 5.74) is 1.72. The van der Waals surface area contributed by atoms with E-state index in [9.17, 15) is 0 Å². The highest BCUT2D eigenvalue weighted by Crippen LogP contribution is 2.27. The van der Waals surface area contributed by atoms with Gasteiger partial charge in [-0.15, -0.1) is 21.5 Å². The molecule has 0 amide bonds. The van der Waals surface area contributed by atoms with E-state index in [4.69, 9.17) is 0 Å². The van der Waals surface area contributed by atoms with Gasteiger partial charge in [0.15, 0.2) is 11.6 Å². The van der Waals surface area contributed by atoms with E-state index in [1.54, 1.807) is 23.7 Å². The number of thiazole rings is 1. The summed E-state index contributed by atoms with van der Waals surface area (Å²) in [7, 11) is 0. The Hall–Kier alpha value is -2.41. The predicted octanol–water partition coefficient (Wildman–Crippen LogP) is 1.90. The number of rotatable bonds is 2. The molecule has 0 unspecified atom stereocenters. The molecule has 98 valence electrons. The van der Waals surface area contributed by atoms with E-state index in [1.165, 1.54) is 0 Å². The largest absolute Gasteiger partial charge is 0.303 e. The maximum atomic E-state index is 4.62. The minimum atomic E-state index is 0.759. The van der Waals surface area contributed by atoms with Crippen LogP contribution in [0.4, 0.5) is 0 Å². The highest BCUT2D eigenvalue weighted by atomic mass is 32.1. The monoisotopic (exact) mass is 282 g/mol. The average Bonchev–Trinajstić information content (AvgIpc) is 3.14. The number of hydrogen-bond donors (Lipinski definition) is 0. The summed E-state index contributed by atoms with van der Waals surface area (Å²) < 4.78 is 2.05. The van der Waals surface area contributed by atoms with Gasteiger partial charge in [-0.25, -0.2) is 4.98 Å². The van der Waals surface area contributed by atoms with Crippen molar-refractivity contribution in [1.29, 1.82) is 0 Å². The van der Waals surface area contributed by atoms with Crippen LogP contribution in [0.1, 0.15) is 5.82 Å². The molecule has 7 heteroatoms. The van der Waals surface area contributed by atoms with E-state index in [0.29, 0.717) is 0 Å². The highest BCUT2D eigenvalue weighted by molar-refractivity contribution is 7.13. The maximum Gasteiger partial charge on any atom is 0.183 e. The lowest BCUT2D eigenvalue weighted by Crippen LogP contribution is -2.12. The van der Waals surface area contributed by atoms with E-state index in [1.807, 2.05) is 28.1 Å². The van der Waals surface area contributed by atoms with Crippen molar-refractivity contribution in [3.05, 3.63) is 35.6 Å². The van der Waals surface area contributed by atoms with Gasteiger partial charge in [-0.2, -0.15) is 0 Å². The number of hydrogen-bond acceptors (Lipinski definition) is 6. The molecule has 6 nitrogen and oxygen atoms in total. The van der Waals surface area contributed by atoms with E-state index < -0.39 is 0 Å². The molecule has 1 aliphatic rings. The molecule has 0 N–H and O–H groups in total. The zero-order chi connectivity index (χ0) is 13.4. The summed E-state index contributed by atoms with van der Waals surface area (Å²) in [4.78, 5) is 13.1. The highest BCUT2D eigenvalue weighted by Gasteiger charge is 2.17. The first-order valence-corrected chi connectivity index (χ1v) is 7.10. The van der Waals surface area contributed by atoms with Crippen molar-refractivity contribution in [2.75, 3.05) is 6.54 Å². The average molecular weight is 282 g/mol. The molecular weight excluding hydrogens is 272 g/mol. The number of aromatic nitrogens is 5. The molecule has 0 fully saturated rings. The minimum Gasteiger partial charge on any atom is -0.303 e. The van der Waals surface area contributed by atoms with Crippen LogP contribution >= 0.6 is 11.3 Å². The Labute approximate surface area is 118 Å². The lowest BCUT2D eigenvalue weighted by molar-refractivity contribution is 0.691. The molecule has 20 heavy (non-hydrogen) atoms. The van der Waals surface area contributed by atoms with Gasteiger partial charge in [0.2, 0.25) is 0 Å². The zero-order valence-electron chi connectivity index (χ0n) is 10.5. The van der Waals surface area contributed by atoms with E-state index in [0.717, 1.165) is 41.1 Å². The maximum absolute atomic E-state index is 4.62. The van der Waals surface area contributed by atoms with E-state index in [2.05, 4.69) is 25.2 Å². The van der Waals surface area contributed by atoms with Crippen LogP contribution in [0, 0.1) is 0 Å². The second kappa shape index (κ2) is 4.61. The Kier molecular flexibility index (Phi) is 2.63. The summed E-state index contributed by atoms with van der Waals surface area (Å²) in [5.74, 6) is 1.59. The lowest BCUT2D eigenvalue weighted by Gasteiger charge is -2.08. The molecule has 4 rings (SSSR count). The van der Waals surface area contributed by atoms with Crippen molar-refractivity contribution in [3.8, 4) is 22.2 Å². The van der Waals surface area contributed by atoms with E-state index >= 15 is 0 Å². The SMILES string of the molecule is C1=NCCn2c1nnc2-c1csc(-c2ccccn2)n1. The second-order valence-corrected chi connectivity index (χ2v) is 5.18. The van der Waals surface area contributed by atoms with Gasteiger partial charge >= 0.3 is 0 Å². The van der Waals surface area contributed by atoms with Crippen LogP contribution in [-0.4, -0.2) is 37.5 Å². The van der Waals surface area contributed by atoms with Crippen LogP contribution < -0.4 is 0 Å². The minimum absolute atomic E-state index is 0.759. The van der Waals surface area contributed by atoms with Crippen LogP contribution in [0.15, 0.2) is 34.8 Å². The normalized spacial score (nSPS) is 13.4. The van der Waals surface area contributed by atoms with Gasteiger partial charge in [0.05, 0.1) is 18.5 Å². The fourth-order valence-corrected chi connectivity index (χ4v) is 2.88. The lowest BCUT2D eigenvalue weighted by atomic mass is 10.3. The van der Waals surface area contributed by atoms with Crippen molar-refractivity contribution in [2.45, 2.75) is 6.54 Å². The molecular formula is C13H10N6S. The first-order chi connectivity index (χ1) is 9.92. The van der Waals surface area contributed by atoms with Gasteiger partial charge < -0.3 is 4.57 Å². The molecule has 0 radical (unpaired) electrons. The van der Waals surface area contributed by atoms with Crippen molar-refractivity contribution < 1.29 is 0 Å². The standard InChI is InChI=1S/C13H10N6S/c1-2-4-15-9(3-1)13-16-10(8-20-13)12-18-17-11-7-14-5-6-19(11)12/h1-4,7-8H,5-6H2.